The molecule has 4 nitrogen and oxygen atoms in total. The lowest BCUT2D eigenvalue weighted by atomic mass is 9.89. The molecule has 21 heavy (non-hydrogen) atoms. The zero-order chi connectivity index (χ0) is 16.4. The Kier molecular flexibility index (Phi) is 5.40. The number of hydrogen-bond acceptors (Lipinski definition) is 3. The lowest BCUT2D eigenvalue weighted by Gasteiger charge is -2.29. The highest BCUT2D eigenvalue weighted by Crippen LogP contribution is 2.22. The SMILES string of the molecule is CCC(C)C(C)(O)CNS(=O)(=O)c1ccc(F)c(F)c1F. The topological polar surface area (TPSA) is 66.4 Å². The van der Waals surface area contributed by atoms with E-state index in [4.69, 9.17) is 0 Å². The summed E-state index contributed by atoms with van der Waals surface area (Å²) in [7, 11) is -4.40. The first kappa shape index (κ1) is 17.9. The van der Waals surface area contributed by atoms with Gasteiger partial charge < -0.3 is 5.11 Å². The smallest absolute Gasteiger partial charge is 0.243 e. The van der Waals surface area contributed by atoms with Crippen molar-refractivity contribution in [1.82, 2.24) is 4.72 Å². The fraction of sp³-hybridized carbons (Fsp3) is 0.538. The Morgan fingerprint density at radius 2 is 1.86 bits per heavy atom. The van der Waals surface area contributed by atoms with Gasteiger partial charge in [-0.25, -0.2) is 26.3 Å². The van der Waals surface area contributed by atoms with E-state index in [1.54, 1.807) is 6.92 Å². The number of aliphatic hydroxyl groups is 1. The number of rotatable bonds is 6. The quantitative estimate of drug-likeness (QED) is 0.788. The monoisotopic (exact) mass is 325 g/mol. The van der Waals surface area contributed by atoms with Crippen LogP contribution in [-0.2, 0) is 10.0 Å². The average molecular weight is 325 g/mol. The van der Waals surface area contributed by atoms with Crippen molar-refractivity contribution >= 4 is 10.0 Å². The van der Waals surface area contributed by atoms with Crippen LogP contribution in [0.15, 0.2) is 17.0 Å². The second-order valence-corrected chi connectivity index (χ2v) is 6.90. The molecule has 0 spiro atoms. The van der Waals surface area contributed by atoms with E-state index >= 15 is 0 Å². The van der Waals surface area contributed by atoms with Crippen LogP contribution >= 0.6 is 0 Å². The lowest BCUT2D eigenvalue weighted by molar-refractivity contribution is 0.0102. The van der Waals surface area contributed by atoms with Crippen molar-refractivity contribution in [2.75, 3.05) is 6.54 Å². The molecule has 0 fully saturated rings. The van der Waals surface area contributed by atoms with E-state index in [-0.39, 0.29) is 12.5 Å². The van der Waals surface area contributed by atoms with Gasteiger partial charge >= 0.3 is 0 Å². The fourth-order valence-corrected chi connectivity index (χ4v) is 2.86. The zero-order valence-electron chi connectivity index (χ0n) is 12.0. The third-order valence-corrected chi connectivity index (χ3v) is 5.00. The molecular weight excluding hydrogens is 307 g/mol. The van der Waals surface area contributed by atoms with Gasteiger partial charge in [-0.3, -0.25) is 0 Å². The minimum atomic E-state index is -4.40. The molecule has 2 atom stereocenters. The van der Waals surface area contributed by atoms with Crippen LogP contribution < -0.4 is 4.72 Å². The first-order chi connectivity index (χ1) is 9.53. The molecule has 2 N–H and O–H groups in total. The summed E-state index contributed by atoms with van der Waals surface area (Å²) >= 11 is 0. The summed E-state index contributed by atoms with van der Waals surface area (Å²) in [6.07, 6.45) is 0.605. The van der Waals surface area contributed by atoms with Crippen molar-refractivity contribution < 1.29 is 26.7 Å². The first-order valence-corrected chi connectivity index (χ1v) is 7.86. The maximum absolute atomic E-state index is 13.5. The molecule has 0 aliphatic rings. The van der Waals surface area contributed by atoms with Crippen molar-refractivity contribution in [3.05, 3.63) is 29.6 Å². The molecule has 8 heteroatoms. The third-order valence-electron chi connectivity index (χ3n) is 3.58. The summed E-state index contributed by atoms with van der Waals surface area (Å²) in [6.45, 7) is 4.61. The van der Waals surface area contributed by atoms with Gasteiger partial charge in [-0.1, -0.05) is 20.3 Å². The van der Waals surface area contributed by atoms with Gasteiger partial charge in [-0.2, -0.15) is 0 Å². The average Bonchev–Trinajstić information content (AvgIpc) is 2.41. The van der Waals surface area contributed by atoms with Crippen LogP contribution in [0.4, 0.5) is 13.2 Å². The van der Waals surface area contributed by atoms with Gasteiger partial charge in [0.25, 0.3) is 0 Å². The molecule has 0 saturated carbocycles. The van der Waals surface area contributed by atoms with Crippen molar-refractivity contribution in [2.24, 2.45) is 5.92 Å². The minimum absolute atomic E-state index is 0.213. The van der Waals surface area contributed by atoms with Gasteiger partial charge in [0.1, 0.15) is 4.90 Å². The molecule has 120 valence electrons. The minimum Gasteiger partial charge on any atom is -0.389 e. The second kappa shape index (κ2) is 6.33. The number of nitrogens with one attached hydrogen (secondary N) is 1. The summed E-state index contributed by atoms with van der Waals surface area (Å²) in [5.41, 5.74) is -1.35. The summed E-state index contributed by atoms with van der Waals surface area (Å²) < 4.78 is 65.3. The highest BCUT2D eigenvalue weighted by molar-refractivity contribution is 7.89. The van der Waals surface area contributed by atoms with E-state index in [2.05, 4.69) is 0 Å². The maximum Gasteiger partial charge on any atom is 0.243 e. The van der Waals surface area contributed by atoms with Gasteiger partial charge in [0.2, 0.25) is 10.0 Å². The van der Waals surface area contributed by atoms with Crippen molar-refractivity contribution in [3.8, 4) is 0 Å². The summed E-state index contributed by atoms with van der Waals surface area (Å²) in [5.74, 6) is -5.33. The predicted molar refractivity (Wildman–Crippen MR) is 71.6 cm³/mol. The Balaban J connectivity index is 3.01. The number of hydrogen-bond donors (Lipinski definition) is 2. The summed E-state index contributed by atoms with van der Waals surface area (Å²) in [4.78, 5) is -0.999. The van der Waals surface area contributed by atoms with Gasteiger partial charge in [-0.05, 0) is 25.0 Å². The molecule has 0 amide bonds. The Bertz CT molecular complexity index is 617. The van der Waals surface area contributed by atoms with Crippen LogP contribution in [-0.4, -0.2) is 25.7 Å². The van der Waals surface area contributed by atoms with Gasteiger partial charge in [-0.15, -0.1) is 0 Å². The Morgan fingerprint density at radius 1 is 1.29 bits per heavy atom. The van der Waals surface area contributed by atoms with Gasteiger partial charge in [0, 0.05) is 6.54 Å². The summed E-state index contributed by atoms with van der Waals surface area (Å²) in [5, 5.41) is 10.1. The Hall–Kier alpha value is -1.12. The van der Waals surface area contributed by atoms with Crippen LogP contribution in [0.25, 0.3) is 0 Å². The van der Waals surface area contributed by atoms with Crippen LogP contribution in [0.1, 0.15) is 27.2 Å². The van der Waals surface area contributed by atoms with E-state index < -0.39 is 38.0 Å². The Morgan fingerprint density at radius 3 is 2.38 bits per heavy atom. The van der Waals surface area contributed by atoms with E-state index in [9.17, 15) is 26.7 Å². The second-order valence-electron chi connectivity index (χ2n) is 5.16. The molecule has 2 unspecified atom stereocenters. The van der Waals surface area contributed by atoms with Crippen molar-refractivity contribution in [3.63, 3.8) is 0 Å². The largest absolute Gasteiger partial charge is 0.389 e. The predicted octanol–water partition coefficient (Wildman–Crippen LogP) is 2.18. The van der Waals surface area contributed by atoms with E-state index in [0.29, 0.717) is 18.6 Å². The first-order valence-electron chi connectivity index (χ1n) is 6.38. The van der Waals surface area contributed by atoms with Crippen LogP contribution in [0.5, 0.6) is 0 Å². The van der Waals surface area contributed by atoms with E-state index in [1.807, 2.05) is 11.6 Å². The lowest BCUT2D eigenvalue weighted by Crippen LogP contribution is -2.45. The van der Waals surface area contributed by atoms with E-state index in [1.165, 1.54) is 6.92 Å². The van der Waals surface area contributed by atoms with E-state index in [0.717, 1.165) is 0 Å². The zero-order valence-corrected chi connectivity index (χ0v) is 12.8. The van der Waals surface area contributed by atoms with Crippen molar-refractivity contribution in [2.45, 2.75) is 37.7 Å². The number of benzene rings is 1. The van der Waals surface area contributed by atoms with Gasteiger partial charge in [0.15, 0.2) is 17.5 Å². The number of halogens is 3. The molecule has 0 bridgehead atoms. The highest BCUT2D eigenvalue weighted by atomic mass is 32.2. The van der Waals surface area contributed by atoms with Crippen LogP contribution in [0.3, 0.4) is 0 Å². The molecule has 1 aromatic rings. The van der Waals surface area contributed by atoms with Crippen LogP contribution in [0.2, 0.25) is 0 Å². The third kappa shape index (κ3) is 3.96. The maximum atomic E-state index is 13.5. The highest BCUT2D eigenvalue weighted by Gasteiger charge is 2.31. The normalized spacial score (nSPS) is 16.5. The molecule has 0 aliphatic carbocycles. The Labute approximate surface area is 122 Å². The molecule has 1 rings (SSSR count). The van der Waals surface area contributed by atoms with Crippen molar-refractivity contribution in [1.29, 1.82) is 0 Å². The standard InChI is InChI=1S/C13H18F3NO3S/c1-4-8(2)13(3,18)7-17-21(19,20)10-6-5-9(14)11(15)12(10)16/h5-6,8,17-18H,4,7H2,1-3H3. The van der Waals surface area contributed by atoms with Gasteiger partial charge in [0.05, 0.1) is 5.60 Å². The molecule has 0 radical (unpaired) electrons. The molecule has 0 aromatic heterocycles. The molecule has 0 saturated heterocycles. The molecular formula is C13H18F3NO3S. The molecule has 1 aromatic carbocycles. The number of sulfonamides is 1. The van der Waals surface area contributed by atoms with Crippen LogP contribution in [0, 0.1) is 23.4 Å². The molecule has 0 aliphatic heterocycles. The fourth-order valence-electron chi connectivity index (χ4n) is 1.65. The molecule has 0 heterocycles. The summed E-state index contributed by atoms with van der Waals surface area (Å²) in [6, 6.07) is 1.16.